The first-order valence-corrected chi connectivity index (χ1v) is 7.67. The number of aryl methyl sites for hydroxylation is 1. The molecule has 0 saturated carbocycles. The molecule has 2 aromatic rings. The maximum absolute atomic E-state index is 12.3. The summed E-state index contributed by atoms with van der Waals surface area (Å²) >= 11 is 0. The maximum Gasteiger partial charge on any atom is 0.331 e. The van der Waals surface area contributed by atoms with Crippen LogP contribution in [0, 0.1) is 17.0 Å². The number of hydrogen-bond donors (Lipinski definition) is 2. The number of fused-ring (bicyclic) bond motifs is 1. The number of phenolic OH excluding ortho intramolecular Hbond substituents is 1. The Kier molecular flexibility index (Phi) is 4.44. The SMILES string of the molecule is Cc1ccc2c(c1)N(CC(=O)Nc1cc([N+](=O)[O-])ccc1O)CC(=O)O2. The molecule has 1 aliphatic heterocycles. The highest BCUT2D eigenvalue weighted by Gasteiger charge is 2.26. The van der Waals surface area contributed by atoms with E-state index < -0.39 is 16.8 Å². The predicted molar refractivity (Wildman–Crippen MR) is 92.4 cm³/mol. The number of nitrogens with one attached hydrogen (secondary N) is 1. The van der Waals surface area contributed by atoms with Crippen molar-refractivity contribution in [1.82, 2.24) is 0 Å². The number of anilines is 2. The summed E-state index contributed by atoms with van der Waals surface area (Å²) in [5.41, 5.74) is 1.19. The number of esters is 1. The summed E-state index contributed by atoms with van der Waals surface area (Å²) in [6.45, 7) is 1.58. The van der Waals surface area contributed by atoms with E-state index in [9.17, 15) is 24.8 Å². The van der Waals surface area contributed by atoms with Gasteiger partial charge in [0.2, 0.25) is 5.91 Å². The molecule has 2 aromatic carbocycles. The zero-order chi connectivity index (χ0) is 18.8. The molecular weight excluding hydrogens is 342 g/mol. The van der Waals surface area contributed by atoms with Crippen molar-refractivity contribution in [2.75, 3.05) is 23.3 Å². The number of rotatable bonds is 4. The van der Waals surface area contributed by atoms with E-state index in [4.69, 9.17) is 4.74 Å². The first-order valence-electron chi connectivity index (χ1n) is 7.67. The van der Waals surface area contributed by atoms with Crippen molar-refractivity contribution in [2.24, 2.45) is 0 Å². The molecule has 0 aliphatic carbocycles. The molecule has 9 nitrogen and oxygen atoms in total. The minimum atomic E-state index is -0.630. The van der Waals surface area contributed by atoms with Gasteiger partial charge in [0, 0.05) is 12.1 Å². The second kappa shape index (κ2) is 6.71. The summed E-state index contributed by atoms with van der Waals surface area (Å²) in [6.07, 6.45) is 0. The number of benzene rings is 2. The van der Waals surface area contributed by atoms with Gasteiger partial charge >= 0.3 is 5.97 Å². The average molecular weight is 357 g/mol. The van der Waals surface area contributed by atoms with Gasteiger partial charge in [-0.1, -0.05) is 6.07 Å². The number of phenols is 1. The van der Waals surface area contributed by atoms with E-state index in [-0.39, 0.29) is 30.2 Å². The Balaban J connectivity index is 1.79. The Labute approximate surface area is 148 Å². The van der Waals surface area contributed by atoms with Crippen LogP contribution < -0.4 is 15.0 Å². The highest BCUT2D eigenvalue weighted by atomic mass is 16.6. The van der Waals surface area contributed by atoms with Gasteiger partial charge in [-0.05, 0) is 30.7 Å². The number of nitro benzene ring substituents is 1. The Morgan fingerprint density at radius 1 is 1.35 bits per heavy atom. The molecule has 0 aromatic heterocycles. The topological polar surface area (TPSA) is 122 Å². The summed E-state index contributed by atoms with van der Waals surface area (Å²) in [6, 6.07) is 8.56. The Hall–Kier alpha value is -3.62. The number of non-ortho nitro benzene ring substituents is 1. The van der Waals surface area contributed by atoms with Gasteiger partial charge in [0.05, 0.1) is 22.8 Å². The smallest absolute Gasteiger partial charge is 0.331 e. The zero-order valence-corrected chi connectivity index (χ0v) is 13.8. The Morgan fingerprint density at radius 3 is 2.85 bits per heavy atom. The first kappa shape index (κ1) is 17.2. The molecule has 0 saturated heterocycles. The molecule has 0 atom stereocenters. The zero-order valence-electron chi connectivity index (χ0n) is 13.8. The Bertz CT molecular complexity index is 911. The van der Waals surface area contributed by atoms with Gasteiger partial charge in [-0.3, -0.25) is 14.9 Å². The van der Waals surface area contributed by atoms with Gasteiger partial charge in [-0.2, -0.15) is 0 Å². The van der Waals surface area contributed by atoms with Crippen LogP contribution in [0.25, 0.3) is 0 Å². The van der Waals surface area contributed by atoms with E-state index in [1.807, 2.05) is 6.92 Å². The molecule has 2 N–H and O–H groups in total. The fourth-order valence-corrected chi connectivity index (χ4v) is 2.60. The molecule has 3 rings (SSSR count). The minimum absolute atomic E-state index is 0.0757. The molecule has 0 radical (unpaired) electrons. The van der Waals surface area contributed by atoms with E-state index in [2.05, 4.69) is 5.32 Å². The van der Waals surface area contributed by atoms with Crippen molar-refractivity contribution in [3.63, 3.8) is 0 Å². The lowest BCUT2D eigenvalue weighted by molar-refractivity contribution is -0.384. The van der Waals surface area contributed by atoms with Crippen LogP contribution in [0.5, 0.6) is 11.5 Å². The van der Waals surface area contributed by atoms with Crippen LogP contribution in [0.15, 0.2) is 36.4 Å². The number of ether oxygens (including phenoxy) is 1. The monoisotopic (exact) mass is 357 g/mol. The molecule has 134 valence electrons. The van der Waals surface area contributed by atoms with E-state index in [1.54, 1.807) is 18.2 Å². The molecule has 0 spiro atoms. The largest absolute Gasteiger partial charge is 0.506 e. The average Bonchev–Trinajstić information content (AvgIpc) is 2.57. The van der Waals surface area contributed by atoms with Crippen LogP contribution in [-0.4, -0.2) is 35.0 Å². The van der Waals surface area contributed by atoms with Crippen LogP contribution in [0.2, 0.25) is 0 Å². The van der Waals surface area contributed by atoms with Crippen LogP contribution in [0.3, 0.4) is 0 Å². The second-order valence-corrected chi connectivity index (χ2v) is 5.81. The van der Waals surface area contributed by atoms with Gasteiger partial charge < -0.3 is 20.1 Å². The summed E-state index contributed by atoms with van der Waals surface area (Å²) in [7, 11) is 0. The molecule has 0 fully saturated rings. The highest BCUT2D eigenvalue weighted by molar-refractivity contribution is 5.97. The minimum Gasteiger partial charge on any atom is -0.506 e. The molecule has 1 amide bonds. The summed E-state index contributed by atoms with van der Waals surface area (Å²) in [5, 5.41) is 23.0. The third-order valence-corrected chi connectivity index (χ3v) is 3.80. The summed E-state index contributed by atoms with van der Waals surface area (Å²) < 4.78 is 5.15. The van der Waals surface area contributed by atoms with E-state index in [0.717, 1.165) is 23.8 Å². The quantitative estimate of drug-likeness (QED) is 0.282. The number of carbonyl (C=O) groups is 2. The summed E-state index contributed by atoms with van der Waals surface area (Å²) in [5.74, 6) is -0.966. The lowest BCUT2D eigenvalue weighted by Gasteiger charge is -2.29. The van der Waals surface area contributed by atoms with Gasteiger partial charge in [0.25, 0.3) is 5.69 Å². The maximum atomic E-state index is 12.3. The highest BCUT2D eigenvalue weighted by Crippen LogP contribution is 2.33. The van der Waals surface area contributed by atoms with Crippen molar-refractivity contribution in [3.05, 3.63) is 52.1 Å². The van der Waals surface area contributed by atoms with E-state index in [1.165, 1.54) is 4.90 Å². The normalized spacial score (nSPS) is 13.0. The molecule has 0 unspecified atom stereocenters. The molecule has 1 aliphatic rings. The third kappa shape index (κ3) is 3.56. The molecule has 9 heteroatoms. The van der Waals surface area contributed by atoms with Crippen molar-refractivity contribution in [1.29, 1.82) is 0 Å². The van der Waals surface area contributed by atoms with Crippen molar-refractivity contribution >= 4 is 28.9 Å². The molecule has 0 bridgehead atoms. The number of nitro groups is 1. The number of hydrogen-bond acceptors (Lipinski definition) is 7. The number of aromatic hydroxyl groups is 1. The molecular formula is C17H15N3O6. The lowest BCUT2D eigenvalue weighted by Crippen LogP contribution is -2.41. The van der Waals surface area contributed by atoms with Gasteiger partial charge in [0.1, 0.15) is 12.3 Å². The van der Waals surface area contributed by atoms with Gasteiger partial charge in [-0.15, -0.1) is 0 Å². The fraction of sp³-hybridized carbons (Fsp3) is 0.176. The van der Waals surface area contributed by atoms with Crippen molar-refractivity contribution < 1.29 is 24.4 Å². The third-order valence-electron chi connectivity index (χ3n) is 3.80. The summed E-state index contributed by atoms with van der Waals surface area (Å²) in [4.78, 5) is 35.8. The van der Waals surface area contributed by atoms with Crippen LogP contribution in [-0.2, 0) is 9.59 Å². The van der Waals surface area contributed by atoms with Gasteiger partial charge in [-0.25, -0.2) is 4.79 Å². The Morgan fingerprint density at radius 2 is 2.12 bits per heavy atom. The first-order chi connectivity index (χ1) is 12.3. The van der Waals surface area contributed by atoms with Crippen molar-refractivity contribution in [3.8, 4) is 11.5 Å². The number of amides is 1. The second-order valence-electron chi connectivity index (χ2n) is 5.81. The fourth-order valence-electron chi connectivity index (χ4n) is 2.60. The van der Waals surface area contributed by atoms with Crippen LogP contribution >= 0.6 is 0 Å². The number of nitrogens with zero attached hydrogens (tertiary/aromatic N) is 2. The van der Waals surface area contributed by atoms with Gasteiger partial charge in [0.15, 0.2) is 5.75 Å². The van der Waals surface area contributed by atoms with Crippen LogP contribution in [0.4, 0.5) is 17.1 Å². The van der Waals surface area contributed by atoms with Crippen molar-refractivity contribution in [2.45, 2.75) is 6.92 Å². The predicted octanol–water partition coefficient (Wildman–Crippen LogP) is 1.97. The van der Waals surface area contributed by atoms with Crippen LogP contribution in [0.1, 0.15) is 5.56 Å². The standard InChI is InChI=1S/C17H15N3O6/c1-10-2-5-15-13(6-10)19(9-17(23)26-15)8-16(22)18-12-7-11(20(24)25)3-4-14(12)21/h2-7,21H,8-9H2,1H3,(H,18,22). The molecule has 1 heterocycles. The number of carbonyl (C=O) groups excluding carboxylic acids is 2. The van der Waals surface area contributed by atoms with E-state index >= 15 is 0 Å². The van der Waals surface area contributed by atoms with E-state index in [0.29, 0.717) is 11.4 Å². The lowest BCUT2D eigenvalue weighted by atomic mass is 10.1. The molecule has 26 heavy (non-hydrogen) atoms.